The van der Waals surface area contributed by atoms with Crippen molar-refractivity contribution in [3.05, 3.63) is 65.7 Å². The second kappa shape index (κ2) is 9.83. The van der Waals surface area contributed by atoms with Gasteiger partial charge in [0.2, 0.25) is 0 Å². The zero-order valence-electron chi connectivity index (χ0n) is 17.2. The third-order valence-electron chi connectivity index (χ3n) is 4.06. The van der Waals surface area contributed by atoms with E-state index in [2.05, 4.69) is 80.9 Å². The molecule has 0 spiro atoms. The molecule has 2 rings (SSSR count). The maximum Gasteiger partial charge on any atom is 0.198 e. The predicted molar refractivity (Wildman–Crippen MR) is 117 cm³/mol. The van der Waals surface area contributed by atoms with E-state index < -0.39 is 0 Å². The van der Waals surface area contributed by atoms with E-state index in [1.54, 1.807) is 0 Å². The van der Waals surface area contributed by atoms with Crippen molar-refractivity contribution in [2.75, 3.05) is 18.4 Å². The Hall–Kier alpha value is -2.73. The lowest BCUT2D eigenvalue weighted by Crippen LogP contribution is -2.36. The minimum Gasteiger partial charge on any atom is -0.343 e. The highest BCUT2D eigenvalue weighted by atomic mass is 15.3. The Morgan fingerprint density at radius 3 is 2.22 bits per heavy atom. The molecule has 3 nitrogen and oxygen atoms in total. The first-order valence-electron chi connectivity index (χ1n) is 9.65. The fourth-order valence-corrected chi connectivity index (χ4v) is 2.57. The van der Waals surface area contributed by atoms with E-state index in [0.717, 1.165) is 30.3 Å². The fourth-order valence-electron chi connectivity index (χ4n) is 2.57. The average Bonchev–Trinajstić information content (AvgIpc) is 2.66. The number of guanidine groups is 1. The molecule has 0 saturated heterocycles. The van der Waals surface area contributed by atoms with E-state index in [1.807, 2.05) is 30.3 Å². The first kappa shape index (κ1) is 20.6. The highest BCUT2D eigenvalue weighted by Crippen LogP contribution is 2.17. The molecule has 2 aromatic carbocycles. The van der Waals surface area contributed by atoms with Crippen molar-refractivity contribution >= 4 is 11.6 Å². The number of rotatable bonds is 5. The van der Waals surface area contributed by atoms with Crippen molar-refractivity contribution < 1.29 is 0 Å². The number of hydrogen-bond donors (Lipinski definition) is 1. The molecule has 0 aliphatic carbocycles. The number of benzene rings is 2. The van der Waals surface area contributed by atoms with Gasteiger partial charge in [0.25, 0.3) is 0 Å². The standard InChI is InChI=1S/C24H31N3/c1-6-27(7-2)23(25-19-20-13-9-8-10-14-20)26-22-16-12-11-15-21(22)17-18-24(3,4)5/h8-16H,6-7,19H2,1-5H3,(H,25,26). The summed E-state index contributed by atoms with van der Waals surface area (Å²) in [7, 11) is 0. The lowest BCUT2D eigenvalue weighted by Gasteiger charge is -2.24. The minimum absolute atomic E-state index is 0.0315. The molecule has 0 fully saturated rings. The van der Waals surface area contributed by atoms with Crippen molar-refractivity contribution in [3.8, 4) is 11.8 Å². The van der Waals surface area contributed by atoms with Gasteiger partial charge in [0, 0.05) is 24.1 Å². The van der Waals surface area contributed by atoms with Crippen LogP contribution in [-0.2, 0) is 6.54 Å². The number of aliphatic imine (C=N–C) groups is 1. The third-order valence-corrected chi connectivity index (χ3v) is 4.06. The van der Waals surface area contributed by atoms with Crippen LogP contribution >= 0.6 is 0 Å². The van der Waals surface area contributed by atoms with Crippen LogP contribution in [0.4, 0.5) is 5.69 Å². The second-order valence-electron chi connectivity index (χ2n) is 7.47. The van der Waals surface area contributed by atoms with Gasteiger partial charge in [-0.05, 0) is 52.3 Å². The van der Waals surface area contributed by atoms with E-state index in [4.69, 9.17) is 4.99 Å². The molecule has 0 atom stereocenters. The normalized spacial score (nSPS) is 11.5. The van der Waals surface area contributed by atoms with Crippen LogP contribution in [0.15, 0.2) is 59.6 Å². The summed E-state index contributed by atoms with van der Waals surface area (Å²) in [6.07, 6.45) is 0. The zero-order valence-corrected chi connectivity index (χ0v) is 17.2. The molecule has 0 bridgehead atoms. The summed E-state index contributed by atoms with van der Waals surface area (Å²) in [6.45, 7) is 13.1. The number of nitrogens with zero attached hydrogens (tertiary/aromatic N) is 2. The highest BCUT2D eigenvalue weighted by Gasteiger charge is 2.10. The average molecular weight is 362 g/mol. The fraction of sp³-hybridized carbons (Fsp3) is 0.375. The van der Waals surface area contributed by atoms with Gasteiger partial charge in [-0.25, -0.2) is 4.99 Å². The first-order valence-corrected chi connectivity index (χ1v) is 9.65. The Labute approximate surface area is 164 Å². The van der Waals surface area contributed by atoms with Gasteiger partial charge in [-0.3, -0.25) is 0 Å². The molecule has 0 aromatic heterocycles. The lowest BCUT2D eigenvalue weighted by molar-refractivity contribution is 0.462. The van der Waals surface area contributed by atoms with Gasteiger partial charge in [-0.2, -0.15) is 0 Å². The molecule has 0 amide bonds. The topological polar surface area (TPSA) is 27.6 Å². The number of nitrogens with one attached hydrogen (secondary N) is 1. The Kier molecular flexibility index (Phi) is 7.49. The van der Waals surface area contributed by atoms with Crippen LogP contribution in [0, 0.1) is 17.3 Å². The van der Waals surface area contributed by atoms with E-state index in [0.29, 0.717) is 6.54 Å². The molecule has 27 heavy (non-hydrogen) atoms. The summed E-state index contributed by atoms with van der Waals surface area (Å²) in [4.78, 5) is 7.10. The van der Waals surface area contributed by atoms with Crippen LogP contribution in [-0.4, -0.2) is 23.9 Å². The van der Waals surface area contributed by atoms with Crippen molar-refractivity contribution in [2.24, 2.45) is 10.4 Å². The highest BCUT2D eigenvalue weighted by molar-refractivity contribution is 5.95. The molecule has 0 saturated carbocycles. The number of para-hydroxylation sites is 1. The van der Waals surface area contributed by atoms with Crippen LogP contribution in [0.1, 0.15) is 45.7 Å². The monoisotopic (exact) mass is 361 g/mol. The second-order valence-corrected chi connectivity index (χ2v) is 7.47. The number of anilines is 1. The molecular weight excluding hydrogens is 330 g/mol. The molecule has 0 radical (unpaired) electrons. The quantitative estimate of drug-likeness (QED) is 0.439. The maximum absolute atomic E-state index is 4.86. The maximum atomic E-state index is 4.86. The van der Waals surface area contributed by atoms with Crippen LogP contribution in [0.5, 0.6) is 0 Å². The lowest BCUT2D eigenvalue weighted by atomic mass is 9.97. The zero-order chi connectivity index (χ0) is 19.7. The smallest absolute Gasteiger partial charge is 0.198 e. The summed E-state index contributed by atoms with van der Waals surface area (Å²) in [5.41, 5.74) is 3.15. The van der Waals surface area contributed by atoms with Gasteiger partial charge in [0.05, 0.1) is 12.2 Å². The van der Waals surface area contributed by atoms with E-state index in [9.17, 15) is 0 Å². The third kappa shape index (κ3) is 6.83. The van der Waals surface area contributed by atoms with Crippen LogP contribution < -0.4 is 5.32 Å². The van der Waals surface area contributed by atoms with Crippen LogP contribution in [0.2, 0.25) is 0 Å². The summed E-state index contributed by atoms with van der Waals surface area (Å²) in [5, 5.41) is 3.53. The minimum atomic E-state index is -0.0315. The van der Waals surface area contributed by atoms with Crippen molar-refractivity contribution in [2.45, 2.75) is 41.2 Å². The summed E-state index contributed by atoms with van der Waals surface area (Å²) >= 11 is 0. The van der Waals surface area contributed by atoms with Gasteiger partial charge in [0.15, 0.2) is 5.96 Å². The largest absolute Gasteiger partial charge is 0.343 e. The Bertz CT molecular complexity index is 801. The van der Waals surface area contributed by atoms with Crippen molar-refractivity contribution in [1.82, 2.24) is 4.90 Å². The molecule has 0 heterocycles. The Morgan fingerprint density at radius 2 is 1.59 bits per heavy atom. The van der Waals surface area contributed by atoms with Gasteiger partial charge < -0.3 is 10.2 Å². The molecule has 1 N–H and O–H groups in total. The Balaban J connectivity index is 2.31. The summed E-state index contributed by atoms with van der Waals surface area (Å²) in [6, 6.07) is 18.5. The molecule has 0 aliphatic rings. The number of hydrogen-bond acceptors (Lipinski definition) is 1. The van der Waals surface area contributed by atoms with Crippen LogP contribution in [0.25, 0.3) is 0 Å². The van der Waals surface area contributed by atoms with Gasteiger partial charge in [-0.15, -0.1) is 0 Å². The molecular formula is C24H31N3. The van der Waals surface area contributed by atoms with Crippen molar-refractivity contribution in [1.29, 1.82) is 0 Å². The molecule has 142 valence electrons. The van der Waals surface area contributed by atoms with E-state index >= 15 is 0 Å². The summed E-state index contributed by atoms with van der Waals surface area (Å²) in [5.74, 6) is 7.53. The van der Waals surface area contributed by atoms with Gasteiger partial charge in [0.1, 0.15) is 0 Å². The molecule has 3 heteroatoms. The van der Waals surface area contributed by atoms with Crippen molar-refractivity contribution in [3.63, 3.8) is 0 Å². The van der Waals surface area contributed by atoms with Gasteiger partial charge >= 0.3 is 0 Å². The Morgan fingerprint density at radius 1 is 0.963 bits per heavy atom. The first-order chi connectivity index (χ1) is 12.9. The van der Waals surface area contributed by atoms with E-state index in [1.165, 1.54) is 5.56 Å². The molecule has 0 aliphatic heterocycles. The van der Waals surface area contributed by atoms with Gasteiger partial charge in [-0.1, -0.05) is 54.3 Å². The SMILES string of the molecule is CCN(CC)C(=NCc1ccccc1)Nc1ccccc1C#CC(C)(C)C. The predicted octanol–water partition coefficient (Wildman–Crippen LogP) is 5.39. The molecule has 2 aromatic rings. The van der Waals surface area contributed by atoms with Crippen LogP contribution in [0.3, 0.4) is 0 Å². The summed E-state index contributed by atoms with van der Waals surface area (Å²) < 4.78 is 0. The molecule has 0 unspecified atom stereocenters. The van der Waals surface area contributed by atoms with E-state index in [-0.39, 0.29) is 5.41 Å².